The number of carbonyl (C=O) groups is 2. The monoisotopic (exact) mass is 476 g/mol. The third kappa shape index (κ3) is 4.05. The number of hydrogen-bond acceptors (Lipinski definition) is 3. The van der Waals surface area contributed by atoms with Crippen molar-refractivity contribution in [2.24, 2.45) is 0 Å². The topological polar surface area (TPSA) is 49.4 Å². The summed E-state index contributed by atoms with van der Waals surface area (Å²) >= 11 is 12.4. The van der Waals surface area contributed by atoms with Crippen LogP contribution in [-0.4, -0.2) is 11.7 Å². The third-order valence-corrected chi connectivity index (χ3v) is 6.82. The van der Waals surface area contributed by atoms with Crippen molar-refractivity contribution in [3.8, 4) is 0 Å². The van der Waals surface area contributed by atoms with Crippen LogP contribution in [0.25, 0.3) is 0 Å². The van der Waals surface area contributed by atoms with Crippen molar-refractivity contribution in [2.75, 3.05) is 10.2 Å². The number of allylic oxidation sites excluding steroid dienone is 1. The molecule has 33 heavy (non-hydrogen) atoms. The number of fused-ring (bicyclic) bond motifs is 1. The van der Waals surface area contributed by atoms with Crippen molar-refractivity contribution in [3.05, 3.63) is 105 Å². The van der Waals surface area contributed by atoms with Gasteiger partial charge in [0.2, 0.25) is 5.91 Å². The van der Waals surface area contributed by atoms with Gasteiger partial charge in [-0.3, -0.25) is 14.5 Å². The number of nitrogens with one attached hydrogen (secondary N) is 1. The first-order chi connectivity index (χ1) is 15.9. The maximum Gasteiger partial charge on any atom is 0.224 e. The molecule has 1 N–H and O–H groups in total. The number of anilines is 2. The second-order valence-corrected chi connectivity index (χ2v) is 9.33. The van der Waals surface area contributed by atoms with E-state index in [0.29, 0.717) is 28.5 Å². The van der Waals surface area contributed by atoms with E-state index in [2.05, 4.69) is 5.32 Å². The van der Waals surface area contributed by atoms with Gasteiger partial charge >= 0.3 is 0 Å². The van der Waals surface area contributed by atoms with Crippen LogP contribution in [0, 0.1) is 0 Å². The maximum absolute atomic E-state index is 13.7. The molecule has 166 valence electrons. The van der Waals surface area contributed by atoms with Gasteiger partial charge in [-0.15, -0.1) is 0 Å². The Kier molecular flexibility index (Phi) is 5.73. The summed E-state index contributed by atoms with van der Waals surface area (Å²) in [5, 5.41) is 4.74. The summed E-state index contributed by atoms with van der Waals surface area (Å²) in [5.74, 6) is -0.0969. The first-order valence-corrected chi connectivity index (χ1v) is 11.6. The van der Waals surface area contributed by atoms with E-state index in [1.807, 2.05) is 66.7 Å². The first-order valence-electron chi connectivity index (χ1n) is 10.9. The van der Waals surface area contributed by atoms with Gasteiger partial charge in [-0.2, -0.15) is 0 Å². The number of Topliss-reactive ketones (excluding diaryl/α,β-unsaturated/α-hetero) is 1. The van der Waals surface area contributed by atoms with Crippen molar-refractivity contribution < 1.29 is 9.59 Å². The van der Waals surface area contributed by atoms with Gasteiger partial charge in [-0.05, 0) is 59.9 Å². The minimum absolute atomic E-state index is 0.0210. The highest BCUT2D eigenvalue weighted by atomic mass is 35.5. The van der Waals surface area contributed by atoms with Crippen LogP contribution >= 0.6 is 23.2 Å². The molecule has 2 aliphatic rings. The normalized spacial score (nSPS) is 20.0. The van der Waals surface area contributed by atoms with Crippen molar-refractivity contribution in [1.82, 2.24) is 0 Å². The SMILES string of the molecule is CC(=O)N1c2ccccc2NC2=C(C(=O)C[C@H](c3ccc(Cl)cc3)C2)[C@H]1c1cccc(Cl)c1. The molecule has 0 unspecified atom stereocenters. The Morgan fingerprint density at radius 3 is 2.39 bits per heavy atom. The van der Waals surface area contributed by atoms with Crippen molar-refractivity contribution in [2.45, 2.75) is 31.7 Å². The van der Waals surface area contributed by atoms with Crippen LogP contribution in [0.3, 0.4) is 0 Å². The Bertz CT molecular complexity index is 1280. The Balaban J connectivity index is 1.70. The van der Waals surface area contributed by atoms with E-state index in [-0.39, 0.29) is 17.6 Å². The van der Waals surface area contributed by atoms with Crippen LogP contribution in [0.4, 0.5) is 11.4 Å². The third-order valence-electron chi connectivity index (χ3n) is 6.33. The molecular weight excluding hydrogens is 455 g/mol. The standard InChI is InChI=1S/C27H22Cl2N2O2/c1-16(32)31-24-8-3-2-7-22(24)30-23-14-19(17-9-11-20(28)12-10-17)15-25(33)26(23)27(31)18-5-4-6-21(29)13-18/h2-13,19,27,30H,14-15H2,1H3/t19-,27-/m1/s1. The number of rotatable bonds is 2. The van der Waals surface area contributed by atoms with Crippen LogP contribution in [0.15, 0.2) is 84.1 Å². The lowest BCUT2D eigenvalue weighted by molar-refractivity contribution is -0.117. The summed E-state index contributed by atoms with van der Waals surface area (Å²) in [5.41, 5.74) is 4.87. The zero-order chi connectivity index (χ0) is 23.1. The van der Waals surface area contributed by atoms with Gasteiger partial charge in [-0.1, -0.05) is 59.6 Å². The minimum Gasteiger partial charge on any atom is -0.357 e. The first kappa shape index (κ1) is 21.7. The van der Waals surface area contributed by atoms with E-state index < -0.39 is 6.04 Å². The molecule has 0 fully saturated rings. The fourth-order valence-electron chi connectivity index (χ4n) is 4.90. The van der Waals surface area contributed by atoms with Crippen LogP contribution < -0.4 is 10.2 Å². The lowest BCUT2D eigenvalue weighted by Gasteiger charge is -2.34. The molecule has 0 saturated carbocycles. The number of halogens is 2. The number of para-hydroxylation sites is 2. The smallest absolute Gasteiger partial charge is 0.224 e. The predicted octanol–water partition coefficient (Wildman–Crippen LogP) is 6.91. The molecule has 0 saturated heterocycles. The molecule has 5 rings (SSSR count). The number of hydrogen-bond donors (Lipinski definition) is 1. The summed E-state index contributed by atoms with van der Waals surface area (Å²) in [6, 6.07) is 22.2. The Labute approximate surface area is 202 Å². The number of nitrogens with zero attached hydrogens (tertiary/aromatic N) is 1. The summed E-state index contributed by atoms with van der Waals surface area (Å²) in [6.45, 7) is 1.53. The van der Waals surface area contributed by atoms with Crippen LogP contribution in [0.2, 0.25) is 10.0 Å². The summed E-state index contributed by atoms with van der Waals surface area (Å²) in [4.78, 5) is 28.4. The van der Waals surface area contributed by atoms with Crippen molar-refractivity contribution in [3.63, 3.8) is 0 Å². The van der Waals surface area contributed by atoms with E-state index in [1.165, 1.54) is 6.92 Å². The second-order valence-electron chi connectivity index (χ2n) is 8.46. The van der Waals surface area contributed by atoms with Gasteiger partial charge in [-0.25, -0.2) is 0 Å². The van der Waals surface area contributed by atoms with Crippen LogP contribution in [-0.2, 0) is 9.59 Å². The molecule has 1 aliphatic heterocycles. The average Bonchev–Trinajstić information content (AvgIpc) is 2.94. The summed E-state index contributed by atoms with van der Waals surface area (Å²) < 4.78 is 0. The number of benzene rings is 3. The largest absolute Gasteiger partial charge is 0.357 e. The molecule has 3 aromatic rings. The van der Waals surface area contributed by atoms with E-state index in [1.54, 1.807) is 11.0 Å². The summed E-state index contributed by atoms with van der Waals surface area (Å²) in [6.07, 6.45) is 1.02. The van der Waals surface area contributed by atoms with Gasteiger partial charge in [0.05, 0.1) is 17.4 Å². The molecule has 1 aliphatic carbocycles. The molecule has 6 heteroatoms. The van der Waals surface area contributed by atoms with Crippen molar-refractivity contribution >= 4 is 46.3 Å². The van der Waals surface area contributed by atoms with Crippen molar-refractivity contribution in [1.29, 1.82) is 0 Å². The van der Waals surface area contributed by atoms with Crippen LogP contribution in [0.1, 0.15) is 42.9 Å². The number of ketones is 1. The maximum atomic E-state index is 13.7. The molecule has 1 amide bonds. The Morgan fingerprint density at radius 2 is 1.67 bits per heavy atom. The highest BCUT2D eigenvalue weighted by molar-refractivity contribution is 6.30. The molecule has 1 heterocycles. The number of amides is 1. The second kappa shape index (κ2) is 8.69. The van der Waals surface area contributed by atoms with Crippen LogP contribution in [0.5, 0.6) is 0 Å². The summed E-state index contributed by atoms with van der Waals surface area (Å²) in [7, 11) is 0. The molecule has 3 aromatic carbocycles. The van der Waals surface area contributed by atoms with Gasteiger partial charge in [0.1, 0.15) is 0 Å². The predicted molar refractivity (Wildman–Crippen MR) is 133 cm³/mol. The molecule has 0 bridgehead atoms. The molecule has 0 aromatic heterocycles. The zero-order valence-corrected chi connectivity index (χ0v) is 19.5. The van der Waals surface area contributed by atoms with Gasteiger partial charge in [0.15, 0.2) is 5.78 Å². The zero-order valence-electron chi connectivity index (χ0n) is 18.0. The van der Waals surface area contributed by atoms with E-state index >= 15 is 0 Å². The molecule has 0 spiro atoms. The van der Waals surface area contributed by atoms with Gasteiger partial charge in [0, 0.05) is 34.7 Å². The van der Waals surface area contributed by atoms with E-state index in [4.69, 9.17) is 23.2 Å². The Hall–Kier alpha value is -3.08. The minimum atomic E-state index is -0.564. The molecule has 4 nitrogen and oxygen atoms in total. The lowest BCUT2D eigenvalue weighted by Crippen LogP contribution is -2.37. The fourth-order valence-corrected chi connectivity index (χ4v) is 5.23. The molecular formula is C27H22Cl2N2O2. The van der Waals surface area contributed by atoms with Gasteiger partial charge in [0.25, 0.3) is 0 Å². The average molecular weight is 477 g/mol. The van der Waals surface area contributed by atoms with E-state index in [9.17, 15) is 9.59 Å². The quantitative estimate of drug-likeness (QED) is 0.436. The van der Waals surface area contributed by atoms with Gasteiger partial charge < -0.3 is 5.32 Å². The molecule has 0 radical (unpaired) electrons. The Morgan fingerprint density at radius 1 is 0.909 bits per heavy atom. The highest BCUT2D eigenvalue weighted by Gasteiger charge is 2.40. The van der Waals surface area contributed by atoms with E-state index in [0.717, 1.165) is 28.2 Å². The molecule has 2 atom stereocenters. The highest BCUT2D eigenvalue weighted by Crippen LogP contribution is 2.47. The lowest BCUT2D eigenvalue weighted by atomic mass is 9.78. The number of carbonyl (C=O) groups excluding carboxylic acids is 2. The fraction of sp³-hybridized carbons (Fsp3) is 0.185.